The predicted octanol–water partition coefficient (Wildman–Crippen LogP) is 3.39. The molecular formula is C23H21NO6S. The molecule has 0 aromatic heterocycles. The SMILES string of the molecule is CC(=O)c1ccc(NC(=O)COC(=O)CCS(=O)(=O)c2ccc3ccccc3c2)cc1. The van der Waals surface area contributed by atoms with Crippen LogP contribution in [0.1, 0.15) is 23.7 Å². The summed E-state index contributed by atoms with van der Waals surface area (Å²) in [4.78, 5) is 35.2. The van der Waals surface area contributed by atoms with Crippen LogP contribution in [0.15, 0.2) is 71.6 Å². The van der Waals surface area contributed by atoms with Gasteiger partial charge in [-0.05, 0) is 54.1 Å². The molecule has 0 radical (unpaired) electrons. The van der Waals surface area contributed by atoms with Crippen molar-refractivity contribution in [1.82, 2.24) is 0 Å². The summed E-state index contributed by atoms with van der Waals surface area (Å²) in [6, 6.07) is 18.4. The molecular weight excluding hydrogens is 418 g/mol. The van der Waals surface area contributed by atoms with Crippen molar-refractivity contribution in [2.24, 2.45) is 0 Å². The standard InChI is InChI=1S/C23H21NO6S/c1-16(25)17-6-9-20(10-7-17)24-22(26)15-30-23(27)12-13-31(28,29)21-11-8-18-4-2-3-5-19(18)14-21/h2-11,14H,12-13,15H2,1H3,(H,24,26). The van der Waals surface area contributed by atoms with Gasteiger partial charge in [-0.2, -0.15) is 0 Å². The molecule has 0 aliphatic heterocycles. The molecule has 0 bridgehead atoms. The fraction of sp³-hybridized carbons (Fsp3) is 0.174. The maximum absolute atomic E-state index is 12.5. The molecule has 8 heteroatoms. The van der Waals surface area contributed by atoms with Crippen molar-refractivity contribution in [1.29, 1.82) is 0 Å². The summed E-state index contributed by atoms with van der Waals surface area (Å²) in [6.45, 7) is 0.899. The van der Waals surface area contributed by atoms with E-state index >= 15 is 0 Å². The Kier molecular flexibility index (Phi) is 6.81. The molecule has 1 amide bonds. The van der Waals surface area contributed by atoms with E-state index in [9.17, 15) is 22.8 Å². The van der Waals surface area contributed by atoms with Crippen molar-refractivity contribution < 1.29 is 27.5 Å². The Bertz CT molecular complexity index is 1230. The van der Waals surface area contributed by atoms with Gasteiger partial charge in [-0.25, -0.2) is 8.42 Å². The number of anilines is 1. The zero-order valence-corrected chi connectivity index (χ0v) is 17.6. The summed E-state index contributed by atoms with van der Waals surface area (Å²) in [6.07, 6.45) is -0.365. The second-order valence-electron chi connectivity index (χ2n) is 6.92. The lowest BCUT2D eigenvalue weighted by Gasteiger charge is -2.08. The number of Topliss-reactive ketones (excluding diaryl/α,β-unsaturated/α-hetero) is 1. The number of hydrogen-bond donors (Lipinski definition) is 1. The Hall–Kier alpha value is -3.52. The molecule has 0 aliphatic rings. The van der Waals surface area contributed by atoms with Crippen LogP contribution >= 0.6 is 0 Å². The average Bonchev–Trinajstić information content (AvgIpc) is 2.76. The van der Waals surface area contributed by atoms with E-state index in [1.165, 1.54) is 13.0 Å². The van der Waals surface area contributed by atoms with Crippen LogP contribution < -0.4 is 5.32 Å². The number of fused-ring (bicyclic) bond motifs is 1. The van der Waals surface area contributed by atoms with E-state index in [2.05, 4.69) is 5.32 Å². The molecule has 0 saturated carbocycles. The molecule has 0 aliphatic carbocycles. The lowest BCUT2D eigenvalue weighted by atomic mass is 10.1. The van der Waals surface area contributed by atoms with Crippen LogP contribution in [0.5, 0.6) is 0 Å². The molecule has 160 valence electrons. The predicted molar refractivity (Wildman–Crippen MR) is 117 cm³/mol. The molecule has 0 unspecified atom stereocenters. The van der Waals surface area contributed by atoms with Crippen molar-refractivity contribution in [2.75, 3.05) is 17.7 Å². The van der Waals surface area contributed by atoms with Crippen molar-refractivity contribution in [3.8, 4) is 0 Å². The van der Waals surface area contributed by atoms with Crippen LogP contribution in [-0.2, 0) is 24.2 Å². The van der Waals surface area contributed by atoms with Gasteiger partial charge < -0.3 is 10.1 Å². The smallest absolute Gasteiger partial charge is 0.307 e. The van der Waals surface area contributed by atoms with Gasteiger partial charge in [0.05, 0.1) is 17.1 Å². The number of ether oxygens (including phenoxy) is 1. The van der Waals surface area contributed by atoms with Crippen LogP contribution in [0, 0.1) is 0 Å². The first-order valence-electron chi connectivity index (χ1n) is 9.53. The van der Waals surface area contributed by atoms with Gasteiger partial charge in [-0.15, -0.1) is 0 Å². The molecule has 3 rings (SSSR count). The van der Waals surface area contributed by atoms with Gasteiger partial charge in [0.1, 0.15) is 0 Å². The molecule has 3 aromatic carbocycles. The summed E-state index contributed by atoms with van der Waals surface area (Å²) < 4.78 is 29.9. The molecule has 1 N–H and O–H groups in total. The second-order valence-corrected chi connectivity index (χ2v) is 9.03. The van der Waals surface area contributed by atoms with Crippen LogP contribution in [0.3, 0.4) is 0 Å². The Balaban J connectivity index is 1.49. The van der Waals surface area contributed by atoms with Crippen molar-refractivity contribution >= 4 is 44.0 Å². The Labute approximate surface area is 179 Å². The van der Waals surface area contributed by atoms with Crippen LogP contribution in [0.25, 0.3) is 10.8 Å². The summed E-state index contributed by atoms with van der Waals surface area (Å²) in [7, 11) is -3.67. The lowest BCUT2D eigenvalue weighted by Crippen LogP contribution is -2.22. The highest BCUT2D eigenvalue weighted by Crippen LogP contribution is 2.20. The average molecular weight is 439 g/mol. The highest BCUT2D eigenvalue weighted by atomic mass is 32.2. The Morgan fingerprint density at radius 3 is 2.26 bits per heavy atom. The number of hydrogen-bond acceptors (Lipinski definition) is 6. The minimum atomic E-state index is -3.67. The third kappa shape index (κ3) is 5.99. The molecule has 7 nitrogen and oxygen atoms in total. The number of rotatable bonds is 8. The number of carbonyl (C=O) groups excluding carboxylic acids is 3. The third-order valence-electron chi connectivity index (χ3n) is 4.59. The normalized spacial score (nSPS) is 11.1. The number of carbonyl (C=O) groups is 3. The fourth-order valence-corrected chi connectivity index (χ4v) is 4.15. The Morgan fingerprint density at radius 2 is 1.58 bits per heavy atom. The van der Waals surface area contributed by atoms with Crippen molar-refractivity contribution in [3.05, 3.63) is 72.3 Å². The number of ketones is 1. The van der Waals surface area contributed by atoms with E-state index < -0.39 is 34.1 Å². The van der Waals surface area contributed by atoms with E-state index in [0.717, 1.165) is 10.8 Å². The quantitative estimate of drug-likeness (QED) is 0.426. The van der Waals surface area contributed by atoms with Gasteiger partial charge >= 0.3 is 5.97 Å². The van der Waals surface area contributed by atoms with Gasteiger partial charge in [-0.3, -0.25) is 14.4 Å². The second kappa shape index (κ2) is 9.53. The number of benzene rings is 3. The highest BCUT2D eigenvalue weighted by Gasteiger charge is 2.18. The monoisotopic (exact) mass is 439 g/mol. The maximum Gasteiger partial charge on any atom is 0.307 e. The summed E-state index contributed by atoms with van der Waals surface area (Å²) in [5.74, 6) is -1.86. The summed E-state index contributed by atoms with van der Waals surface area (Å²) in [5.41, 5.74) is 0.960. The first kappa shape index (κ1) is 22.2. The number of amides is 1. The zero-order valence-electron chi connectivity index (χ0n) is 16.8. The van der Waals surface area contributed by atoms with Gasteiger partial charge in [0, 0.05) is 11.3 Å². The molecule has 0 heterocycles. The minimum Gasteiger partial charge on any atom is -0.456 e. The lowest BCUT2D eigenvalue weighted by molar-refractivity contribution is -0.146. The van der Waals surface area contributed by atoms with Gasteiger partial charge in [-0.1, -0.05) is 30.3 Å². The number of sulfone groups is 1. The minimum absolute atomic E-state index is 0.0922. The fourth-order valence-electron chi connectivity index (χ4n) is 2.90. The van der Waals surface area contributed by atoms with E-state index in [-0.39, 0.29) is 17.1 Å². The first-order chi connectivity index (χ1) is 14.7. The van der Waals surface area contributed by atoms with Crippen molar-refractivity contribution in [2.45, 2.75) is 18.2 Å². The van der Waals surface area contributed by atoms with E-state index in [0.29, 0.717) is 11.3 Å². The third-order valence-corrected chi connectivity index (χ3v) is 6.31. The zero-order chi connectivity index (χ0) is 22.4. The topological polar surface area (TPSA) is 107 Å². The largest absolute Gasteiger partial charge is 0.456 e. The van der Waals surface area contributed by atoms with Gasteiger partial charge in [0.15, 0.2) is 22.2 Å². The Morgan fingerprint density at radius 1 is 0.903 bits per heavy atom. The first-order valence-corrected chi connectivity index (χ1v) is 11.2. The van der Waals surface area contributed by atoms with Crippen LogP contribution in [0.4, 0.5) is 5.69 Å². The van der Waals surface area contributed by atoms with E-state index in [4.69, 9.17) is 4.74 Å². The molecule has 0 fully saturated rings. The van der Waals surface area contributed by atoms with E-state index in [1.54, 1.807) is 36.4 Å². The van der Waals surface area contributed by atoms with Crippen LogP contribution in [-0.4, -0.2) is 38.4 Å². The van der Waals surface area contributed by atoms with Gasteiger partial charge in [0.25, 0.3) is 5.91 Å². The summed E-state index contributed by atoms with van der Waals surface area (Å²) >= 11 is 0. The van der Waals surface area contributed by atoms with Crippen molar-refractivity contribution in [3.63, 3.8) is 0 Å². The van der Waals surface area contributed by atoms with E-state index in [1.807, 2.05) is 24.3 Å². The molecule has 31 heavy (non-hydrogen) atoms. The molecule has 3 aromatic rings. The summed E-state index contributed by atoms with van der Waals surface area (Å²) in [5, 5.41) is 4.24. The van der Waals surface area contributed by atoms with Gasteiger partial charge in [0.2, 0.25) is 0 Å². The molecule has 0 atom stereocenters. The maximum atomic E-state index is 12.5. The highest BCUT2D eigenvalue weighted by molar-refractivity contribution is 7.91. The van der Waals surface area contributed by atoms with Crippen LogP contribution in [0.2, 0.25) is 0 Å². The number of esters is 1. The molecule has 0 spiro atoms. The number of nitrogens with one attached hydrogen (secondary N) is 1. The molecule has 0 saturated heterocycles.